The average molecular weight is 498 g/mol. The molecule has 0 bridgehead atoms. The number of halogens is 1. The first-order valence-electron chi connectivity index (χ1n) is 9.89. The molecule has 0 spiro atoms. The lowest BCUT2D eigenvalue weighted by molar-refractivity contribution is -0.113. The SMILES string of the molecule is COc1ccc(/C=C2\N=C(SCc3nc(N)nc(N)n3)N(c3ccc(Cl)c(OC)c3)C2=O)cc1. The van der Waals surface area contributed by atoms with Crippen LogP contribution in [0.1, 0.15) is 11.4 Å². The summed E-state index contributed by atoms with van der Waals surface area (Å²) in [5.41, 5.74) is 12.9. The Labute approximate surface area is 204 Å². The van der Waals surface area contributed by atoms with Crippen molar-refractivity contribution >= 4 is 58.1 Å². The van der Waals surface area contributed by atoms with Crippen molar-refractivity contribution in [2.45, 2.75) is 5.75 Å². The summed E-state index contributed by atoms with van der Waals surface area (Å²) < 4.78 is 10.5. The Balaban J connectivity index is 1.69. The van der Waals surface area contributed by atoms with Crippen LogP contribution in [0.5, 0.6) is 11.5 Å². The molecule has 1 aliphatic rings. The van der Waals surface area contributed by atoms with Crippen molar-refractivity contribution in [3.63, 3.8) is 0 Å². The molecule has 0 aliphatic carbocycles. The van der Waals surface area contributed by atoms with Gasteiger partial charge in [0.25, 0.3) is 5.91 Å². The predicted molar refractivity (Wildman–Crippen MR) is 134 cm³/mol. The lowest BCUT2D eigenvalue weighted by Crippen LogP contribution is -2.30. The molecule has 1 aromatic heterocycles. The van der Waals surface area contributed by atoms with Crippen molar-refractivity contribution in [3.8, 4) is 11.5 Å². The number of thioether (sulfide) groups is 1. The summed E-state index contributed by atoms with van der Waals surface area (Å²) in [6, 6.07) is 12.3. The molecule has 4 rings (SSSR count). The van der Waals surface area contributed by atoms with Gasteiger partial charge in [0.2, 0.25) is 11.9 Å². The molecule has 2 heterocycles. The van der Waals surface area contributed by atoms with Gasteiger partial charge >= 0.3 is 0 Å². The fourth-order valence-corrected chi connectivity index (χ4v) is 4.18. The van der Waals surface area contributed by atoms with E-state index in [2.05, 4.69) is 19.9 Å². The van der Waals surface area contributed by atoms with Gasteiger partial charge in [-0.3, -0.25) is 9.69 Å². The van der Waals surface area contributed by atoms with Crippen LogP contribution in [0.15, 0.2) is 53.2 Å². The van der Waals surface area contributed by atoms with Crippen LogP contribution in [-0.2, 0) is 10.5 Å². The first-order chi connectivity index (χ1) is 16.4. The maximum atomic E-state index is 13.4. The maximum absolute atomic E-state index is 13.4. The van der Waals surface area contributed by atoms with Crippen molar-refractivity contribution in [2.24, 2.45) is 4.99 Å². The molecular weight excluding hydrogens is 478 g/mol. The lowest BCUT2D eigenvalue weighted by atomic mass is 10.2. The zero-order valence-electron chi connectivity index (χ0n) is 18.2. The molecule has 0 saturated carbocycles. The number of amides is 1. The fraction of sp³-hybridized carbons (Fsp3) is 0.136. The molecule has 0 radical (unpaired) electrons. The Bertz CT molecular complexity index is 1280. The summed E-state index contributed by atoms with van der Waals surface area (Å²) >= 11 is 7.43. The van der Waals surface area contributed by atoms with E-state index in [1.165, 1.54) is 23.8 Å². The number of carbonyl (C=O) groups excluding carboxylic acids is 1. The summed E-state index contributed by atoms with van der Waals surface area (Å²) in [5, 5.41) is 0.848. The van der Waals surface area contributed by atoms with Crippen molar-refractivity contribution in [1.82, 2.24) is 15.0 Å². The number of nitrogens with zero attached hydrogens (tertiary/aromatic N) is 5. The molecular formula is C22H20ClN7O3S. The third-order valence-corrected chi connectivity index (χ3v) is 5.94. The van der Waals surface area contributed by atoms with Gasteiger partial charge in [-0.1, -0.05) is 35.5 Å². The first-order valence-corrected chi connectivity index (χ1v) is 11.3. The molecule has 0 atom stereocenters. The molecule has 12 heteroatoms. The molecule has 0 saturated heterocycles. The van der Waals surface area contributed by atoms with Gasteiger partial charge in [0.1, 0.15) is 23.0 Å². The van der Waals surface area contributed by atoms with Crippen LogP contribution >= 0.6 is 23.4 Å². The Kier molecular flexibility index (Phi) is 6.85. The van der Waals surface area contributed by atoms with Crippen LogP contribution in [-0.4, -0.2) is 40.2 Å². The minimum absolute atomic E-state index is 0.0203. The lowest BCUT2D eigenvalue weighted by Gasteiger charge is -2.18. The van der Waals surface area contributed by atoms with E-state index in [1.54, 1.807) is 31.4 Å². The summed E-state index contributed by atoms with van der Waals surface area (Å²) in [4.78, 5) is 31.4. The van der Waals surface area contributed by atoms with Crippen molar-refractivity contribution in [2.75, 3.05) is 30.6 Å². The van der Waals surface area contributed by atoms with E-state index in [0.717, 1.165) is 5.56 Å². The summed E-state index contributed by atoms with van der Waals surface area (Å²) in [5.74, 6) is 1.51. The minimum atomic E-state index is -0.308. The van der Waals surface area contributed by atoms with Crippen LogP contribution in [0, 0.1) is 0 Å². The number of methoxy groups -OCH3 is 2. The van der Waals surface area contributed by atoms with Gasteiger partial charge in [-0.05, 0) is 35.9 Å². The molecule has 0 fully saturated rings. The third kappa shape index (κ3) is 5.05. The average Bonchev–Trinajstić information content (AvgIpc) is 3.13. The Morgan fingerprint density at radius 1 is 1.03 bits per heavy atom. The number of hydrogen-bond acceptors (Lipinski definition) is 10. The van der Waals surface area contributed by atoms with Crippen LogP contribution < -0.4 is 25.8 Å². The number of nitrogens with two attached hydrogens (primary N) is 2. The molecule has 3 aromatic rings. The van der Waals surface area contributed by atoms with Crippen LogP contribution in [0.3, 0.4) is 0 Å². The Morgan fingerprint density at radius 3 is 2.38 bits per heavy atom. The van der Waals surface area contributed by atoms with Crippen molar-refractivity contribution in [1.29, 1.82) is 0 Å². The number of ether oxygens (including phenoxy) is 2. The van der Waals surface area contributed by atoms with Crippen LogP contribution in [0.2, 0.25) is 5.02 Å². The molecule has 2 aromatic carbocycles. The molecule has 4 N–H and O–H groups in total. The van der Waals surface area contributed by atoms with E-state index in [0.29, 0.717) is 33.2 Å². The van der Waals surface area contributed by atoms with Crippen LogP contribution in [0.4, 0.5) is 17.6 Å². The van der Waals surface area contributed by atoms with E-state index in [1.807, 2.05) is 24.3 Å². The van der Waals surface area contributed by atoms with E-state index in [-0.39, 0.29) is 29.3 Å². The van der Waals surface area contributed by atoms with Crippen LogP contribution in [0.25, 0.3) is 6.08 Å². The maximum Gasteiger partial charge on any atom is 0.283 e. The van der Waals surface area contributed by atoms with Gasteiger partial charge < -0.3 is 20.9 Å². The van der Waals surface area contributed by atoms with Gasteiger partial charge in [-0.2, -0.15) is 15.0 Å². The summed E-state index contributed by atoms with van der Waals surface area (Å²) in [6.45, 7) is 0. The van der Waals surface area contributed by atoms with Gasteiger partial charge in [0.15, 0.2) is 5.17 Å². The van der Waals surface area contributed by atoms with Crippen molar-refractivity contribution < 1.29 is 14.3 Å². The number of nitrogen functional groups attached to an aromatic ring is 2. The molecule has 10 nitrogen and oxygen atoms in total. The zero-order chi connectivity index (χ0) is 24.2. The van der Waals surface area contributed by atoms with E-state index < -0.39 is 0 Å². The number of aliphatic imine (C=N–C) groups is 1. The minimum Gasteiger partial charge on any atom is -0.497 e. The highest BCUT2D eigenvalue weighted by Gasteiger charge is 2.32. The molecule has 0 unspecified atom stereocenters. The number of hydrogen-bond donors (Lipinski definition) is 2. The second-order valence-electron chi connectivity index (χ2n) is 6.91. The second kappa shape index (κ2) is 9.98. The number of amidine groups is 1. The number of carbonyl (C=O) groups is 1. The normalized spacial score (nSPS) is 14.4. The molecule has 1 aliphatic heterocycles. The highest BCUT2D eigenvalue weighted by molar-refractivity contribution is 8.13. The number of aromatic nitrogens is 3. The number of benzene rings is 2. The van der Waals surface area contributed by atoms with Gasteiger partial charge in [0.05, 0.1) is 30.7 Å². The van der Waals surface area contributed by atoms with Crippen molar-refractivity contribution in [3.05, 3.63) is 64.6 Å². The highest BCUT2D eigenvalue weighted by Crippen LogP contribution is 2.35. The van der Waals surface area contributed by atoms with E-state index in [4.69, 9.17) is 32.5 Å². The van der Waals surface area contributed by atoms with Gasteiger partial charge in [0, 0.05) is 6.07 Å². The van der Waals surface area contributed by atoms with Gasteiger partial charge in [-0.15, -0.1) is 0 Å². The quantitative estimate of drug-likeness (QED) is 0.490. The largest absolute Gasteiger partial charge is 0.497 e. The molecule has 34 heavy (non-hydrogen) atoms. The predicted octanol–water partition coefficient (Wildman–Crippen LogP) is 3.38. The Hall–Kier alpha value is -3.83. The zero-order valence-corrected chi connectivity index (χ0v) is 19.8. The monoisotopic (exact) mass is 497 g/mol. The fourth-order valence-electron chi connectivity index (χ4n) is 3.12. The number of rotatable bonds is 6. The number of anilines is 3. The highest BCUT2D eigenvalue weighted by atomic mass is 35.5. The topological polar surface area (TPSA) is 142 Å². The molecule has 1 amide bonds. The summed E-state index contributed by atoms with van der Waals surface area (Å²) in [6.07, 6.45) is 1.70. The third-order valence-electron chi connectivity index (χ3n) is 4.69. The smallest absolute Gasteiger partial charge is 0.283 e. The van der Waals surface area contributed by atoms with Gasteiger partial charge in [-0.25, -0.2) is 4.99 Å². The Morgan fingerprint density at radius 2 is 1.74 bits per heavy atom. The molecule has 174 valence electrons. The second-order valence-corrected chi connectivity index (χ2v) is 8.26. The van der Waals surface area contributed by atoms with E-state index >= 15 is 0 Å². The summed E-state index contributed by atoms with van der Waals surface area (Å²) in [7, 11) is 3.10. The van der Waals surface area contributed by atoms with E-state index in [9.17, 15) is 4.79 Å². The first kappa shape index (κ1) is 23.3. The standard InChI is InChI=1S/C22H20ClN7O3S/c1-32-14-6-3-12(4-7-14)9-16-19(31)30(13-5-8-15(23)17(10-13)33-2)22(26-16)34-11-18-27-20(24)29-21(25)28-18/h3-10H,11H2,1-2H3,(H4,24,25,27,28,29)/b16-9-.